The van der Waals surface area contributed by atoms with Crippen LogP contribution in [0.5, 0.6) is 0 Å². The number of carbonyl (C=O) groups excluding carboxylic acids is 1. The number of aromatic amines is 1. The van der Waals surface area contributed by atoms with Gasteiger partial charge >= 0.3 is 12.1 Å². The van der Waals surface area contributed by atoms with Crippen LogP contribution in [0.15, 0.2) is 61.2 Å². The van der Waals surface area contributed by atoms with E-state index in [1.54, 1.807) is 35.4 Å². The number of nitrogens with zero attached hydrogens (tertiary/aromatic N) is 1. The molecule has 0 unspecified atom stereocenters. The van der Waals surface area contributed by atoms with Crippen molar-refractivity contribution in [1.29, 1.82) is 0 Å². The summed E-state index contributed by atoms with van der Waals surface area (Å²) in [5, 5.41) is 0.691. The predicted octanol–water partition coefficient (Wildman–Crippen LogP) is 5.23. The number of ether oxygens (including phenoxy) is 1. The Morgan fingerprint density at radius 1 is 1.18 bits per heavy atom. The Morgan fingerprint density at radius 2 is 1.96 bits per heavy atom. The third kappa shape index (κ3) is 4.85. The fourth-order valence-electron chi connectivity index (χ4n) is 2.61. The summed E-state index contributed by atoms with van der Waals surface area (Å²) in [5.41, 5.74) is -0.646. The van der Waals surface area contributed by atoms with Crippen molar-refractivity contribution in [3.63, 3.8) is 0 Å². The highest BCUT2D eigenvalue weighted by Crippen LogP contribution is 2.32. The SMILES string of the molecule is O=C(O[C@H](C[n+]1cc[nH]c1)c1ccc(Cl)cc1Cl)c1cccc(C(F)(F)F)c1. The topological polar surface area (TPSA) is 46.0 Å². The number of hydrogen-bond donors (Lipinski definition) is 1. The van der Waals surface area contributed by atoms with E-state index in [0.29, 0.717) is 10.6 Å². The van der Waals surface area contributed by atoms with Gasteiger partial charge in [-0.25, -0.2) is 9.36 Å². The van der Waals surface area contributed by atoms with Gasteiger partial charge in [0, 0.05) is 15.6 Å². The molecule has 146 valence electrons. The molecule has 0 radical (unpaired) electrons. The highest BCUT2D eigenvalue weighted by molar-refractivity contribution is 6.35. The molecule has 0 amide bonds. The number of hydrogen-bond acceptors (Lipinski definition) is 2. The maximum atomic E-state index is 12.9. The molecule has 2 aromatic carbocycles. The second kappa shape index (κ2) is 8.24. The van der Waals surface area contributed by atoms with E-state index in [2.05, 4.69) is 4.98 Å². The molecule has 0 saturated heterocycles. The van der Waals surface area contributed by atoms with E-state index in [4.69, 9.17) is 27.9 Å². The number of nitrogens with one attached hydrogen (secondary N) is 1. The second-order valence-corrected chi connectivity index (χ2v) is 6.79. The van der Waals surface area contributed by atoms with Crippen LogP contribution in [0.4, 0.5) is 13.2 Å². The fourth-order valence-corrected chi connectivity index (χ4v) is 3.14. The lowest BCUT2D eigenvalue weighted by Crippen LogP contribution is -2.36. The Kier molecular flexibility index (Phi) is 5.96. The largest absolute Gasteiger partial charge is 0.450 e. The molecule has 0 bridgehead atoms. The van der Waals surface area contributed by atoms with Gasteiger partial charge in [-0.05, 0) is 30.3 Å². The number of halogens is 5. The van der Waals surface area contributed by atoms with Crippen LogP contribution in [-0.2, 0) is 17.5 Å². The molecular formula is C19H14Cl2F3N2O2+. The van der Waals surface area contributed by atoms with Gasteiger partial charge in [0.05, 0.1) is 11.1 Å². The fraction of sp³-hybridized carbons (Fsp3) is 0.158. The van der Waals surface area contributed by atoms with Crippen LogP contribution in [0.2, 0.25) is 10.0 Å². The molecular weight excluding hydrogens is 416 g/mol. The quantitative estimate of drug-likeness (QED) is 0.446. The summed E-state index contributed by atoms with van der Waals surface area (Å²) in [6, 6.07) is 8.78. The van der Waals surface area contributed by atoms with Crippen molar-refractivity contribution in [2.24, 2.45) is 0 Å². The first kappa shape index (κ1) is 20.2. The molecule has 1 N–H and O–H groups in total. The molecule has 3 aromatic rings. The lowest BCUT2D eigenvalue weighted by Gasteiger charge is -2.18. The van der Waals surface area contributed by atoms with Gasteiger partial charge in [-0.15, -0.1) is 0 Å². The first-order valence-electron chi connectivity index (χ1n) is 8.09. The van der Waals surface area contributed by atoms with Gasteiger partial charge < -0.3 is 4.74 Å². The van der Waals surface area contributed by atoms with Crippen molar-refractivity contribution in [2.75, 3.05) is 0 Å². The van der Waals surface area contributed by atoms with Crippen molar-refractivity contribution in [3.8, 4) is 0 Å². The summed E-state index contributed by atoms with van der Waals surface area (Å²) in [6.45, 7) is 0.204. The Bertz CT molecular complexity index is 976. The van der Waals surface area contributed by atoms with E-state index in [1.165, 1.54) is 12.1 Å². The smallest absolute Gasteiger partial charge is 0.416 e. The standard InChI is InChI=1S/C19H13Cl2F3N2O2/c20-14-4-5-15(16(21)9-14)17(10-26-7-6-25-11-26)28-18(27)12-2-1-3-13(8-12)19(22,23)24/h1-9,11,17H,10H2/p+1/t17-/m1/s1. The van der Waals surface area contributed by atoms with E-state index in [1.807, 2.05) is 0 Å². The maximum Gasteiger partial charge on any atom is 0.416 e. The normalized spacial score (nSPS) is 12.6. The minimum atomic E-state index is -4.56. The molecule has 1 aromatic heterocycles. The van der Waals surface area contributed by atoms with E-state index < -0.39 is 23.8 Å². The highest BCUT2D eigenvalue weighted by Gasteiger charge is 2.31. The lowest BCUT2D eigenvalue weighted by atomic mass is 10.1. The van der Waals surface area contributed by atoms with Crippen LogP contribution in [0.3, 0.4) is 0 Å². The number of aromatic nitrogens is 2. The number of imidazole rings is 1. The number of alkyl halides is 3. The van der Waals surface area contributed by atoms with Gasteiger partial charge in [-0.3, -0.25) is 4.98 Å². The van der Waals surface area contributed by atoms with E-state index in [0.717, 1.165) is 18.2 Å². The van der Waals surface area contributed by atoms with E-state index in [9.17, 15) is 18.0 Å². The molecule has 0 fully saturated rings. The average molecular weight is 430 g/mol. The Hall–Kier alpha value is -2.51. The summed E-state index contributed by atoms with van der Waals surface area (Å²) in [7, 11) is 0. The first-order valence-corrected chi connectivity index (χ1v) is 8.84. The second-order valence-electron chi connectivity index (χ2n) is 5.95. The summed E-state index contributed by atoms with van der Waals surface area (Å²) in [5.74, 6) is -0.891. The van der Waals surface area contributed by atoms with Gasteiger partial charge in [0.15, 0.2) is 6.10 Å². The Morgan fingerprint density at radius 3 is 2.61 bits per heavy atom. The third-order valence-electron chi connectivity index (χ3n) is 3.96. The van der Waals surface area contributed by atoms with Crippen molar-refractivity contribution >= 4 is 29.2 Å². The van der Waals surface area contributed by atoms with Crippen molar-refractivity contribution < 1.29 is 27.3 Å². The Labute approximate surface area is 168 Å². The molecule has 3 rings (SSSR count). The first-order chi connectivity index (χ1) is 13.2. The van der Waals surface area contributed by atoms with Crippen LogP contribution in [0.25, 0.3) is 0 Å². The number of rotatable bonds is 5. The molecule has 1 heterocycles. The molecule has 9 heteroatoms. The summed E-state index contributed by atoms with van der Waals surface area (Å²) >= 11 is 12.2. The van der Waals surface area contributed by atoms with Crippen LogP contribution >= 0.6 is 23.2 Å². The number of esters is 1. The molecule has 0 aliphatic heterocycles. The minimum Gasteiger partial charge on any atom is -0.450 e. The zero-order valence-corrected chi connectivity index (χ0v) is 15.7. The van der Waals surface area contributed by atoms with Crippen LogP contribution < -0.4 is 4.57 Å². The van der Waals surface area contributed by atoms with Gasteiger partial charge in [0.2, 0.25) is 6.33 Å². The highest BCUT2D eigenvalue weighted by atomic mass is 35.5. The van der Waals surface area contributed by atoms with E-state index >= 15 is 0 Å². The molecule has 0 saturated carbocycles. The molecule has 0 aliphatic carbocycles. The van der Waals surface area contributed by atoms with Gasteiger partial charge in [-0.2, -0.15) is 13.2 Å². The molecule has 1 atom stereocenters. The number of H-pyrrole nitrogens is 1. The zero-order valence-electron chi connectivity index (χ0n) is 14.2. The predicted molar refractivity (Wildman–Crippen MR) is 97.1 cm³/mol. The number of benzene rings is 2. The summed E-state index contributed by atoms with van der Waals surface area (Å²) < 4.78 is 46.0. The molecule has 0 aliphatic rings. The van der Waals surface area contributed by atoms with Crippen LogP contribution in [0, 0.1) is 0 Å². The van der Waals surface area contributed by atoms with Crippen molar-refractivity contribution in [1.82, 2.24) is 4.98 Å². The monoisotopic (exact) mass is 429 g/mol. The van der Waals surface area contributed by atoms with Gasteiger partial charge in [-0.1, -0.05) is 35.3 Å². The molecule has 0 spiro atoms. The van der Waals surface area contributed by atoms with E-state index in [-0.39, 0.29) is 17.1 Å². The average Bonchev–Trinajstić information content (AvgIpc) is 3.14. The summed E-state index contributed by atoms with van der Waals surface area (Å²) in [4.78, 5) is 15.4. The Balaban J connectivity index is 1.90. The zero-order chi connectivity index (χ0) is 20.3. The lowest BCUT2D eigenvalue weighted by molar-refractivity contribution is -0.703. The molecule has 4 nitrogen and oxygen atoms in total. The number of carbonyl (C=O) groups is 1. The van der Waals surface area contributed by atoms with Crippen LogP contribution in [0.1, 0.15) is 27.6 Å². The summed E-state index contributed by atoms with van der Waals surface area (Å²) in [6.07, 6.45) is -0.359. The van der Waals surface area contributed by atoms with Crippen molar-refractivity contribution in [2.45, 2.75) is 18.8 Å². The third-order valence-corrected chi connectivity index (χ3v) is 4.53. The van der Waals surface area contributed by atoms with Crippen LogP contribution in [-0.4, -0.2) is 11.0 Å². The van der Waals surface area contributed by atoms with Gasteiger partial charge in [0.25, 0.3) is 0 Å². The van der Waals surface area contributed by atoms with Crippen molar-refractivity contribution in [3.05, 3.63) is 87.9 Å². The minimum absolute atomic E-state index is 0.204. The molecule has 28 heavy (non-hydrogen) atoms. The maximum absolute atomic E-state index is 12.9. The van der Waals surface area contributed by atoms with Gasteiger partial charge in [0.1, 0.15) is 18.9 Å².